The highest BCUT2D eigenvalue weighted by atomic mass is 16.6. The highest BCUT2D eigenvalue weighted by Gasteiger charge is 2.63. The number of hydrogen-bond acceptors (Lipinski definition) is 5. The largest absolute Gasteiger partial charge is 0.481 e. The Kier molecular flexibility index (Phi) is 4.10. The van der Waals surface area contributed by atoms with Crippen molar-refractivity contribution in [2.24, 2.45) is 35.5 Å². The summed E-state index contributed by atoms with van der Waals surface area (Å²) in [5.41, 5.74) is 0. The number of carboxylic acids is 1. The highest BCUT2D eigenvalue weighted by Crippen LogP contribution is 2.63. The minimum atomic E-state index is -0.907. The number of esters is 2. The van der Waals surface area contributed by atoms with Crippen LogP contribution in [0.1, 0.15) is 32.6 Å². The van der Waals surface area contributed by atoms with Crippen molar-refractivity contribution in [2.45, 2.75) is 32.6 Å². The predicted octanol–water partition coefficient (Wildman–Crippen LogP) is 1.48. The Morgan fingerprint density at radius 2 is 1.64 bits per heavy atom. The molecule has 6 nitrogen and oxygen atoms in total. The number of hydrogen-bond donors (Lipinski definition) is 1. The molecule has 3 fully saturated rings. The molecule has 3 aliphatic rings. The summed E-state index contributed by atoms with van der Waals surface area (Å²) in [4.78, 5) is 35.3. The lowest BCUT2D eigenvalue weighted by Gasteiger charge is -2.34. The summed E-state index contributed by atoms with van der Waals surface area (Å²) in [7, 11) is 0. The Balaban J connectivity index is 1.70. The molecule has 0 aromatic rings. The van der Waals surface area contributed by atoms with E-state index in [2.05, 4.69) is 0 Å². The highest BCUT2D eigenvalue weighted by molar-refractivity contribution is 5.84. The molecule has 0 aromatic carbocycles. The van der Waals surface area contributed by atoms with Crippen molar-refractivity contribution in [3.63, 3.8) is 0 Å². The Labute approximate surface area is 129 Å². The van der Waals surface area contributed by atoms with E-state index in [1.807, 2.05) is 0 Å². The van der Waals surface area contributed by atoms with E-state index in [9.17, 15) is 19.5 Å². The van der Waals surface area contributed by atoms with Crippen LogP contribution in [0, 0.1) is 35.5 Å². The molecule has 0 aliphatic heterocycles. The number of carbonyl (C=O) groups is 3. The van der Waals surface area contributed by atoms with Crippen molar-refractivity contribution < 1.29 is 29.0 Å². The number of carbonyl (C=O) groups excluding carboxylic acids is 2. The second-order valence-corrected chi connectivity index (χ2v) is 6.62. The Bertz CT molecular complexity index is 487. The quantitative estimate of drug-likeness (QED) is 0.774. The molecule has 6 heteroatoms. The maximum Gasteiger partial charge on any atom is 0.344 e. The average molecular weight is 310 g/mol. The lowest BCUT2D eigenvalue weighted by molar-refractivity contribution is -0.168. The molecular weight excluding hydrogens is 288 g/mol. The van der Waals surface area contributed by atoms with Gasteiger partial charge in [0, 0.05) is 0 Å². The van der Waals surface area contributed by atoms with Crippen molar-refractivity contribution in [3.05, 3.63) is 0 Å². The number of ether oxygens (including phenoxy) is 2. The van der Waals surface area contributed by atoms with Crippen molar-refractivity contribution in [1.29, 1.82) is 0 Å². The second kappa shape index (κ2) is 5.89. The first-order valence-electron chi connectivity index (χ1n) is 8.09. The van der Waals surface area contributed by atoms with E-state index in [4.69, 9.17) is 9.47 Å². The molecule has 22 heavy (non-hydrogen) atoms. The fraction of sp³-hybridized carbons (Fsp3) is 0.812. The maximum atomic E-state index is 12.4. The topological polar surface area (TPSA) is 89.9 Å². The van der Waals surface area contributed by atoms with Crippen LogP contribution < -0.4 is 0 Å². The molecule has 2 bridgehead atoms. The molecule has 3 aliphatic carbocycles. The average Bonchev–Trinajstić information content (AvgIpc) is 3.14. The molecule has 1 N–H and O–H groups in total. The minimum Gasteiger partial charge on any atom is -0.481 e. The van der Waals surface area contributed by atoms with E-state index in [0.29, 0.717) is 11.8 Å². The maximum absolute atomic E-state index is 12.4. The van der Waals surface area contributed by atoms with Crippen LogP contribution >= 0.6 is 0 Å². The van der Waals surface area contributed by atoms with E-state index in [0.717, 1.165) is 25.7 Å². The van der Waals surface area contributed by atoms with Gasteiger partial charge in [-0.3, -0.25) is 9.59 Å². The van der Waals surface area contributed by atoms with E-state index in [1.165, 1.54) is 0 Å². The van der Waals surface area contributed by atoms with Gasteiger partial charge in [0.25, 0.3) is 0 Å². The summed E-state index contributed by atoms with van der Waals surface area (Å²) < 4.78 is 9.77. The number of aliphatic carboxylic acids is 1. The first-order valence-corrected chi connectivity index (χ1v) is 8.09. The summed E-state index contributed by atoms with van der Waals surface area (Å²) in [6.07, 6.45) is 4.10. The zero-order valence-electron chi connectivity index (χ0n) is 12.7. The summed E-state index contributed by atoms with van der Waals surface area (Å²) in [6, 6.07) is 0. The van der Waals surface area contributed by atoms with Gasteiger partial charge in [-0.25, -0.2) is 4.79 Å². The van der Waals surface area contributed by atoms with E-state index in [1.54, 1.807) is 6.92 Å². The van der Waals surface area contributed by atoms with Crippen molar-refractivity contribution in [3.8, 4) is 0 Å². The Morgan fingerprint density at radius 3 is 2.23 bits per heavy atom. The van der Waals surface area contributed by atoms with Crippen LogP contribution in [0.5, 0.6) is 0 Å². The van der Waals surface area contributed by atoms with Crippen molar-refractivity contribution >= 4 is 17.9 Å². The van der Waals surface area contributed by atoms with Crippen molar-refractivity contribution in [2.75, 3.05) is 13.2 Å². The summed E-state index contributed by atoms with van der Waals surface area (Å²) in [5.74, 6) is -2.18. The van der Waals surface area contributed by atoms with Crippen molar-refractivity contribution in [1.82, 2.24) is 0 Å². The summed E-state index contributed by atoms with van der Waals surface area (Å²) >= 11 is 0. The van der Waals surface area contributed by atoms with Gasteiger partial charge in [-0.05, 0) is 49.9 Å². The van der Waals surface area contributed by atoms with Crippen LogP contribution in [-0.2, 0) is 23.9 Å². The number of carboxylic acid groups (broad SMARTS) is 1. The first kappa shape index (κ1) is 15.3. The van der Waals surface area contributed by atoms with Crippen LogP contribution in [0.3, 0.4) is 0 Å². The van der Waals surface area contributed by atoms with Gasteiger partial charge in [-0.1, -0.05) is 6.42 Å². The monoisotopic (exact) mass is 310 g/mol. The second-order valence-electron chi connectivity index (χ2n) is 6.62. The van der Waals surface area contributed by atoms with Gasteiger partial charge >= 0.3 is 17.9 Å². The third-order valence-corrected chi connectivity index (χ3v) is 5.77. The molecule has 3 saturated carbocycles. The smallest absolute Gasteiger partial charge is 0.344 e. The SMILES string of the molecule is CCOC(=O)COC(=O)C1C2CC(C3CCCC32)C1C(=O)O. The van der Waals surface area contributed by atoms with Gasteiger partial charge in [0.05, 0.1) is 18.4 Å². The minimum absolute atomic E-state index is 0.0927. The third kappa shape index (κ3) is 2.38. The normalized spacial score (nSPS) is 38.6. The van der Waals surface area contributed by atoms with Crippen LogP contribution in [0.4, 0.5) is 0 Å². The Hall–Kier alpha value is -1.59. The molecule has 6 atom stereocenters. The van der Waals surface area contributed by atoms with E-state index in [-0.39, 0.29) is 18.4 Å². The lowest BCUT2D eigenvalue weighted by Crippen LogP contribution is -2.42. The Morgan fingerprint density at radius 1 is 1.00 bits per heavy atom. The van der Waals surface area contributed by atoms with Crippen LogP contribution in [0.2, 0.25) is 0 Å². The number of fused-ring (bicyclic) bond motifs is 5. The molecule has 0 radical (unpaired) electrons. The van der Waals surface area contributed by atoms with Crippen LogP contribution in [-0.4, -0.2) is 36.2 Å². The van der Waals surface area contributed by atoms with E-state index < -0.39 is 36.4 Å². The molecule has 0 heterocycles. The molecule has 0 saturated heterocycles. The van der Waals surface area contributed by atoms with Crippen LogP contribution in [0.15, 0.2) is 0 Å². The summed E-state index contributed by atoms with van der Waals surface area (Å²) in [5, 5.41) is 9.54. The van der Waals surface area contributed by atoms with Crippen LogP contribution in [0.25, 0.3) is 0 Å². The van der Waals surface area contributed by atoms with Gasteiger partial charge in [0.1, 0.15) is 0 Å². The summed E-state index contributed by atoms with van der Waals surface area (Å²) in [6.45, 7) is 1.48. The molecular formula is C16H22O6. The van der Waals surface area contributed by atoms with E-state index >= 15 is 0 Å². The standard InChI is InChI=1S/C16H22O6/c1-2-21-12(17)7-22-16(20)14-11-6-10(13(14)15(18)19)8-4-3-5-9(8)11/h8-11,13-14H,2-7H2,1H3,(H,18,19). The zero-order chi connectivity index (χ0) is 15.9. The molecule has 0 spiro atoms. The fourth-order valence-electron chi connectivity index (χ4n) is 5.19. The molecule has 0 aromatic heterocycles. The van der Waals surface area contributed by atoms with Gasteiger partial charge < -0.3 is 14.6 Å². The third-order valence-electron chi connectivity index (χ3n) is 5.77. The zero-order valence-corrected chi connectivity index (χ0v) is 12.7. The van der Waals surface area contributed by atoms with Gasteiger partial charge in [-0.15, -0.1) is 0 Å². The lowest BCUT2D eigenvalue weighted by atomic mass is 9.69. The molecule has 6 unspecified atom stereocenters. The molecule has 0 amide bonds. The van der Waals surface area contributed by atoms with Gasteiger partial charge in [0.2, 0.25) is 0 Å². The first-order chi connectivity index (χ1) is 10.5. The van der Waals surface area contributed by atoms with Gasteiger partial charge in [-0.2, -0.15) is 0 Å². The predicted molar refractivity (Wildman–Crippen MR) is 74.6 cm³/mol. The molecule has 122 valence electrons. The van der Waals surface area contributed by atoms with Gasteiger partial charge in [0.15, 0.2) is 6.61 Å². The fourth-order valence-corrected chi connectivity index (χ4v) is 5.19. The molecule has 3 rings (SSSR count). The number of rotatable bonds is 5.